The van der Waals surface area contributed by atoms with Crippen LogP contribution in [0.25, 0.3) is 151 Å². The van der Waals surface area contributed by atoms with Crippen molar-refractivity contribution < 1.29 is 8.83 Å². The molecule has 0 spiro atoms. The van der Waals surface area contributed by atoms with Gasteiger partial charge in [0.25, 0.3) is 0 Å². The van der Waals surface area contributed by atoms with E-state index in [2.05, 4.69) is 121 Å². The standard InChI is InChI=1S/C62H32N12O2S2/c1-2-7-49-36(4-1)45-25-64-30-72-60(45)73(49)33-9-12-54-41(19-33)44-24-63-23-43(59(44)77-54)31-8-11-51-38(16-31)39-20-47(69-28-52(39)75-51)48-21-50-46(26-68-48)57-61(67-15-14-66-57)74(50)34-10-13-55-40(18-34)42-17-32(22-70-62(42)78-55)35-5-3-6-37-56-53(76-58(35)37)27-65-29-71-56/h1-20,22-30,48H,21H2. The second-order valence-corrected chi connectivity index (χ2v) is 21.8. The molecule has 0 saturated carbocycles. The number of rotatable bonds is 5. The summed E-state index contributed by atoms with van der Waals surface area (Å²) in [6.45, 7) is 0. The molecular formula is C62H32N12O2S2. The van der Waals surface area contributed by atoms with Crippen molar-refractivity contribution in [3.63, 3.8) is 0 Å². The normalized spacial score (nSPS) is 13.9. The number of para-hydroxylation sites is 2. The van der Waals surface area contributed by atoms with E-state index in [9.17, 15) is 0 Å². The highest BCUT2D eigenvalue weighted by molar-refractivity contribution is 7.26. The third kappa shape index (κ3) is 5.94. The molecular weight excluding hydrogens is 1010 g/mol. The van der Waals surface area contributed by atoms with Gasteiger partial charge in [0.15, 0.2) is 16.8 Å². The zero-order chi connectivity index (χ0) is 50.7. The van der Waals surface area contributed by atoms with Crippen LogP contribution in [0.15, 0.2) is 185 Å². The second-order valence-electron chi connectivity index (χ2n) is 19.7. The van der Waals surface area contributed by atoms with Gasteiger partial charge < -0.3 is 8.83 Å². The van der Waals surface area contributed by atoms with Gasteiger partial charge in [0.2, 0.25) is 0 Å². The summed E-state index contributed by atoms with van der Waals surface area (Å²) in [5.41, 5.74) is 16.1. The monoisotopic (exact) mass is 1040 g/mol. The zero-order valence-corrected chi connectivity index (χ0v) is 42.2. The summed E-state index contributed by atoms with van der Waals surface area (Å²) in [5, 5.41) is 9.47. The van der Waals surface area contributed by atoms with Crippen molar-refractivity contribution in [2.75, 3.05) is 0 Å². The predicted octanol–water partition coefficient (Wildman–Crippen LogP) is 14.9. The molecule has 17 aromatic rings. The molecule has 78 heavy (non-hydrogen) atoms. The minimum Gasteiger partial charge on any atom is -0.454 e. The third-order valence-electron chi connectivity index (χ3n) is 15.5. The Morgan fingerprint density at radius 1 is 0.487 bits per heavy atom. The van der Waals surface area contributed by atoms with E-state index in [1.54, 1.807) is 53.9 Å². The van der Waals surface area contributed by atoms with Crippen LogP contribution < -0.4 is 0 Å². The lowest BCUT2D eigenvalue weighted by atomic mass is 9.99. The molecule has 18 rings (SSSR count). The largest absolute Gasteiger partial charge is 0.454 e. The SMILES string of the molecule is C1=NC(c2cc3c(cn2)oc2ccc(-c4cncc5c4sc4ccc(-n6c7ccccc7c7cncnc76)cc45)cc23)Cc2c1c1nccnc1n2-c1ccc2sc3ncc(-c4cccc5c4oc4cncnc45)cc3c2c1. The van der Waals surface area contributed by atoms with Crippen molar-refractivity contribution >= 4 is 146 Å². The van der Waals surface area contributed by atoms with E-state index in [1.807, 2.05) is 49.3 Å². The molecule has 364 valence electrons. The Morgan fingerprint density at radius 2 is 1.31 bits per heavy atom. The van der Waals surface area contributed by atoms with Crippen LogP contribution in [-0.4, -0.2) is 60.2 Å². The van der Waals surface area contributed by atoms with Gasteiger partial charge in [-0.15, -0.1) is 22.7 Å². The average Bonchev–Trinajstić information content (AvgIpc) is 4.46. The number of furan rings is 2. The number of benzene rings is 5. The van der Waals surface area contributed by atoms with Crippen LogP contribution in [0.3, 0.4) is 0 Å². The summed E-state index contributed by atoms with van der Waals surface area (Å²) in [4.78, 5) is 48.5. The van der Waals surface area contributed by atoms with Crippen LogP contribution in [0.4, 0.5) is 0 Å². The molecule has 13 heterocycles. The van der Waals surface area contributed by atoms with Crippen molar-refractivity contribution in [2.45, 2.75) is 12.5 Å². The lowest BCUT2D eigenvalue weighted by Gasteiger charge is -2.19. The fraction of sp³-hybridized carbons (Fsp3) is 0.0323. The summed E-state index contributed by atoms with van der Waals surface area (Å²) in [6.07, 6.45) is 20.5. The topological polar surface area (TPSA) is 165 Å². The molecule has 0 saturated heterocycles. The van der Waals surface area contributed by atoms with Gasteiger partial charge in [-0.05, 0) is 78.4 Å². The molecule has 1 aliphatic rings. The number of thiophene rings is 2. The molecule has 14 nitrogen and oxygen atoms in total. The molecule has 0 amide bonds. The number of aliphatic imine (C=N–C) groups is 1. The maximum absolute atomic E-state index is 6.47. The van der Waals surface area contributed by atoms with E-state index in [0.29, 0.717) is 17.6 Å². The van der Waals surface area contributed by atoms with Crippen LogP contribution in [-0.2, 0) is 6.42 Å². The summed E-state index contributed by atoms with van der Waals surface area (Å²) >= 11 is 3.46. The molecule has 1 atom stereocenters. The molecule has 12 aromatic heterocycles. The van der Waals surface area contributed by atoms with Gasteiger partial charge in [0.05, 0.1) is 29.6 Å². The Balaban J connectivity index is 0.714. The first-order valence-electron chi connectivity index (χ1n) is 25.3. The quantitative estimate of drug-likeness (QED) is 0.161. The van der Waals surface area contributed by atoms with Crippen LogP contribution in [0.1, 0.15) is 23.0 Å². The molecule has 1 unspecified atom stereocenters. The van der Waals surface area contributed by atoms with Crippen molar-refractivity contribution in [1.29, 1.82) is 0 Å². The number of aromatic nitrogens is 11. The minimum absolute atomic E-state index is 0.279. The highest BCUT2D eigenvalue weighted by atomic mass is 32.1. The zero-order valence-electron chi connectivity index (χ0n) is 40.5. The van der Waals surface area contributed by atoms with Gasteiger partial charge in [0.1, 0.15) is 45.3 Å². The van der Waals surface area contributed by atoms with Crippen LogP contribution in [0, 0.1) is 0 Å². The fourth-order valence-electron chi connectivity index (χ4n) is 12.0. The van der Waals surface area contributed by atoms with Crippen molar-refractivity contribution in [1.82, 2.24) is 54.0 Å². The van der Waals surface area contributed by atoms with Gasteiger partial charge in [-0.25, -0.2) is 29.9 Å². The number of fused-ring (bicyclic) bond motifs is 18. The van der Waals surface area contributed by atoms with E-state index < -0.39 is 0 Å². The Labute approximate surface area is 446 Å². The van der Waals surface area contributed by atoms with Gasteiger partial charge in [0, 0.05) is 152 Å². The molecule has 0 N–H and O–H groups in total. The lowest BCUT2D eigenvalue weighted by molar-refractivity contribution is 0.656. The molecule has 0 bridgehead atoms. The highest BCUT2D eigenvalue weighted by Crippen LogP contribution is 2.45. The van der Waals surface area contributed by atoms with Gasteiger partial charge in [-0.2, -0.15) is 0 Å². The molecule has 16 heteroatoms. The maximum Gasteiger partial charge on any atom is 0.172 e. The van der Waals surface area contributed by atoms with Crippen molar-refractivity contribution in [3.8, 4) is 33.6 Å². The molecule has 0 radical (unpaired) electrons. The summed E-state index contributed by atoms with van der Waals surface area (Å²) in [6, 6.07) is 38.3. The van der Waals surface area contributed by atoms with E-state index >= 15 is 0 Å². The van der Waals surface area contributed by atoms with Gasteiger partial charge in [-0.3, -0.25) is 29.1 Å². The number of nitrogens with zero attached hydrogens (tertiary/aromatic N) is 12. The Bertz CT molecular complexity index is 5440. The molecule has 0 fully saturated rings. The first kappa shape index (κ1) is 42.1. The van der Waals surface area contributed by atoms with Crippen molar-refractivity contribution in [3.05, 3.63) is 188 Å². The molecule has 1 aliphatic heterocycles. The fourth-order valence-corrected chi connectivity index (χ4v) is 14.2. The maximum atomic E-state index is 6.47. The lowest BCUT2D eigenvalue weighted by Crippen LogP contribution is -2.13. The smallest absolute Gasteiger partial charge is 0.172 e. The number of hydrogen-bond donors (Lipinski definition) is 0. The van der Waals surface area contributed by atoms with Gasteiger partial charge in [-0.1, -0.05) is 36.4 Å². The predicted molar refractivity (Wildman–Crippen MR) is 309 cm³/mol. The van der Waals surface area contributed by atoms with E-state index in [-0.39, 0.29) is 6.04 Å². The Hall–Kier alpha value is -10.2. The average molecular weight is 1040 g/mol. The summed E-state index contributed by atoms with van der Waals surface area (Å²) < 4.78 is 20.8. The van der Waals surface area contributed by atoms with E-state index in [4.69, 9.17) is 43.7 Å². The number of hydrogen-bond acceptors (Lipinski definition) is 14. The van der Waals surface area contributed by atoms with Gasteiger partial charge >= 0.3 is 0 Å². The molecule has 0 aliphatic carbocycles. The van der Waals surface area contributed by atoms with E-state index in [0.717, 1.165) is 148 Å². The van der Waals surface area contributed by atoms with Crippen LogP contribution in [0.2, 0.25) is 0 Å². The minimum atomic E-state index is -0.279. The third-order valence-corrected chi connectivity index (χ3v) is 17.8. The van der Waals surface area contributed by atoms with Crippen molar-refractivity contribution in [2.24, 2.45) is 4.99 Å². The highest BCUT2D eigenvalue weighted by Gasteiger charge is 2.28. The van der Waals surface area contributed by atoms with E-state index in [1.165, 1.54) is 9.40 Å². The summed E-state index contributed by atoms with van der Waals surface area (Å²) in [5.74, 6) is 0. The first-order chi connectivity index (χ1) is 38.6. The first-order valence-corrected chi connectivity index (χ1v) is 26.9. The Kier molecular flexibility index (Phi) is 8.48. The second kappa shape index (κ2) is 15.7. The van der Waals surface area contributed by atoms with Crippen LogP contribution >= 0.6 is 22.7 Å². The summed E-state index contributed by atoms with van der Waals surface area (Å²) in [7, 11) is 0. The van der Waals surface area contributed by atoms with Crippen LogP contribution in [0.5, 0.6) is 0 Å². The molecule has 5 aromatic carbocycles. The number of pyridine rings is 3. The Morgan fingerprint density at radius 3 is 2.27 bits per heavy atom.